The zero-order chi connectivity index (χ0) is 12.1. The van der Waals surface area contributed by atoms with Gasteiger partial charge < -0.3 is 15.1 Å². The third kappa shape index (κ3) is 2.71. The molecular formula is C11H16N4O2. The molecule has 0 aliphatic carbocycles. The summed E-state index contributed by atoms with van der Waals surface area (Å²) in [5.74, 6) is 4.94. The maximum Gasteiger partial charge on any atom is 0.255 e. The second kappa shape index (κ2) is 5.58. The van der Waals surface area contributed by atoms with Gasteiger partial charge in [-0.15, -0.1) is 0 Å². The molecule has 6 heteroatoms. The van der Waals surface area contributed by atoms with Crippen molar-refractivity contribution in [1.82, 2.24) is 4.57 Å². The summed E-state index contributed by atoms with van der Waals surface area (Å²) in [4.78, 5) is 12.2. The molecule has 0 radical (unpaired) electrons. The van der Waals surface area contributed by atoms with Crippen molar-refractivity contribution in [2.75, 3.05) is 13.2 Å². The van der Waals surface area contributed by atoms with E-state index >= 15 is 0 Å². The van der Waals surface area contributed by atoms with Crippen molar-refractivity contribution in [2.45, 2.75) is 25.4 Å². The number of hydrogen-bond donors (Lipinski definition) is 1. The smallest absolute Gasteiger partial charge is 0.255 e. The van der Waals surface area contributed by atoms with Crippen molar-refractivity contribution in [2.24, 2.45) is 16.2 Å². The molecule has 2 heterocycles. The molecule has 0 amide bonds. The Kier molecular flexibility index (Phi) is 3.87. The number of rotatable bonds is 3. The van der Waals surface area contributed by atoms with E-state index in [1.165, 1.54) is 0 Å². The highest BCUT2D eigenvalue weighted by atomic mass is 16.5. The van der Waals surface area contributed by atoms with Gasteiger partial charge in [-0.3, -0.25) is 4.79 Å². The van der Waals surface area contributed by atoms with Gasteiger partial charge in [0, 0.05) is 31.0 Å². The van der Waals surface area contributed by atoms with Gasteiger partial charge in [-0.2, -0.15) is 5.11 Å². The second-order valence-electron chi connectivity index (χ2n) is 4.00. The predicted octanol–water partition coefficient (Wildman–Crippen LogP) is 1.03. The quantitative estimate of drug-likeness (QED) is 0.483. The number of nitrogens with zero attached hydrogens (tertiary/aromatic N) is 3. The van der Waals surface area contributed by atoms with E-state index in [-0.39, 0.29) is 18.1 Å². The minimum Gasteiger partial charge on any atom is -0.381 e. The average molecular weight is 236 g/mol. The molecule has 2 rings (SSSR count). The van der Waals surface area contributed by atoms with Gasteiger partial charge >= 0.3 is 0 Å². The Morgan fingerprint density at radius 2 is 2.24 bits per heavy atom. The van der Waals surface area contributed by atoms with E-state index in [4.69, 9.17) is 10.6 Å². The minimum absolute atomic E-state index is 0.00759. The number of nitrogens with two attached hydrogens (primary N) is 1. The Morgan fingerprint density at radius 3 is 2.94 bits per heavy atom. The first-order chi connectivity index (χ1) is 8.33. The summed E-state index contributed by atoms with van der Waals surface area (Å²) in [6, 6.07) is 3.84. The molecule has 0 bridgehead atoms. The van der Waals surface area contributed by atoms with Gasteiger partial charge in [0.2, 0.25) is 0 Å². The lowest BCUT2D eigenvalue weighted by Crippen LogP contribution is -2.30. The normalized spacial score (nSPS) is 17.6. The second-order valence-corrected chi connectivity index (χ2v) is 4.00. The number of pyridine rings is 1. The van der Waals surface area contributed by atoms with E-state index in [1.54, 1.807) is 10.6 Å². The highest BCUT2D eigenvalue weighted by Crippen LogP contribution is 2.18. The standard InChI is InChI=1S/C11H16N4O2/c12-14-13-8-9-2-1-5-15(11(9)16)10-3-6-17-7-4-10/h1-2,5,10H,3-4,6-8H2,(H2,12,13). The van der Waals surface area contributed by atoms with Crippen molar-refractivity contribution >= 4 is 0 Å². The van der Waals surface area contributed by atoms with E-state index in [9.17, 15) is 4.79 Å². The fourth-order valence-corrected chi connectivity index (χ4v) is 2.04. The molecule has 92 valence electrons. The molecule has 1 saturated heterocycles. The van der Waals surface area contributed by atoms with Gasteiger partial charge in [0.1, 0.15) is 0 Å². The first-order valence-electron chi connectivity index (χ1n) is 5.67. The van der Waals surface area contributed by atoms with Crippen LogP contribution in [0.15, 0.2) is 33.5 Å². The largest absolute Gasteiger partial charge is 0.381 e. The molecule has 1 fully saturated rings. The fraction of sp³-hybridized carbons (Fsp3) is 0.545. The maximum atomic E-state index is 12.2. The molecule has 0 saturated carbocycles. The first-order valence-corrected chi connectivity index (χ1v) is 5.67. The van der Waals surface area contributed by atoms with Crippen LogP contribution in [0.4, 0.5) is 0 Å². The van der Waals surface area contributed by atoms with E-state index in [2.05, 4.69) is 10.3 Å². The Labute approximate surface area is 99.1 Å². The predicted molar refractivity (Wildman–Crippen MR) is 62.5 cm³/mol. The topological polar surface area (TPSA) is 82.0 Å². The number of ether oxygens (including phenoxy) is 1. The fourth-order valence-electron chi connectivity index (χ4n) is 2.04. The molecule has 2 N–H and O–H groups in total. The van der Waals surface area contributed by atoms with Crippen LogP contribution in [0.25, 0.3) is 0 Å². The molecule has 0 atom stereocenters. The van der Waals surface area contributed by atoms with Crippen LogP contribution in [0.3, 0.4) is 0 Å². The summed E-state index contributed by atoms with van der Waals surface area (Å²) in [7, 11) is 0. The summed E-state index contributed by atoms with van der Waals surface area (Å²) in [5, 5.41) is 6.82. The van der Waals surface area contributed by atoms with E-state index < -0.39 is 0 Å². The summed E-state index contributed by atoms with van der Waals surface area (Å²) in [6.07, 6.45) is 3.57. The molecule has 1 aromatic heterocycles. The van der Waals surface area contributed by atoms with Crippen molar-refractivity contribution in [1.29, 1.82) is 0 Å². The zero-order valence-corrected chi connectivity index (χ0v) is 9.58. The van der Waals surface area contributed by atoms with Gasteiger partial charge in [-0.25, -0.2) is 0 Å². The lowest BCUT2D eigenvalue weighted by atomic mass is 10.1. The monoisotopic (exact) mass is 236 g/mol. The summed E-state index contributed by atoms with van der Waals surface area (Å²) >= 11 is 0. The maximum absolute atomic E-state index is 12.2. The van der Waals surface area contributed by atoms with E-state index in [0.717, 1.165) is 12.8 Å². The van der Waals surface area contributed by atoms with Crippen LogP contribution in [0.5, 0.6) is 0 Å². The molecule has 17 heavy (non-hydrogen) atoms. The molecule has 1 aliphatic rings. The Morgan fingerprint density at radius 1 is 1.47 bits per heavy atom. The summed E-state index contributed by atoms with van der Waals surface area (Å²) in [5.41, 5.74) is 0.611. The van der Waals surface area contributed by atoms with Gasteiger partial charge in [-0.1, -0.05) is 11.3 Å². The molecule has 1 aromatic rings. The zero-order valence-electron chi connectivity index (χ0n) is 9.58. The molecule has 0 aromatic carbocycles. The van der Waals surface area contributed by atoms with Gasteiger partial charge in [0.05, 0.1) is 6.54 Å². The highest BCUT2D eigenvalue weighted by Gasteiger charge is 2.17. The van der Waals surface area contributed by atoms with Crippen LogP contribution >= 0.6 is 0 Å². The van der Waals surface area contributed by atoms with E-state index in [0.29, 0.717) is 18.8 Å². The van der Waals surface area contributed by atoms with Crippen LogP contribution in [0.1, 0.15) is 24.4 Å². The summed E-state index contributed by atoms with van der Waals surface area (Å²) < 4.78 is 7.06. The lowest BCUT2D eigenvalue weighted by Gasteiger charge is -2.24. The average Bonchev–Trinajstić information content (AvgIpc) is 2.39. The van der Waals surface area contributed by atoms with Crippen molar-refractivity contribution < 1.29 is 4.74 Å². The lowest BCUT2D eigenvalue weighted by molar-refractivity contribution is 0.0686. The number of hydrogen-bond acceptors (Lipinski definition) is 4. The Bertz CT molecular complexity index is 449. The van der Waals surface area contributed by atoms with Crippen LogP contribution in [-0.2, 0) is 11.3 Å². The first kappa shape index (κ1) is 11.8. The highest BCUT2D eigenvalue weighted by molar-refractivity contribution is 5.11. The Balaban J connectivity index is 2.24. The summed E-state index contributed by atoms with van der Waals surface area (Å²) in [6.45, 7) is 1.66. The van der Waals surface area contributed by atoms with E-state index in [1.807, 2.05) is 12.3 Å². The van der Waals surface area contributed by atoms with Crippen LogP contribution in [-0.4, -0.2) is 17.8 Å². The van der Waals surface area contributed by atoms with Gasteiger partial charge in [-0.05, 0) is 18.9 Å². The molecule has 6 nitrogen and oxygen atoms in total. The third-order valence-corrected chi connectivity index (χ3v) is 2.96. The molecule has 0 unspecified atom stereocenters. The molecule has 0 spiro atoms. The van der Waals surface area contributed by atoms with Crippen LogP contribution < -0.4 is 11.4 Å². The van der Waals surface area contributed by atoms with Crippen LogP contribution in [0.2, 0.25) is 0 Å². The minimum atomic E-state index is -0.00759. The molecular weight excluding hydrogens is 220 g/mol. The van der Waals surface area contributed by atoms with Crippen molar-refractivity contribution in [3.05, 3.63) is 34.2 Å². The van der Waals surface area contributed by atoms with Gasteiger partial charge in [0.15, 0.2) is 0 Å². The van der Waals surface area contributed by atoms with Crippen molar-refractivity contribution in [3.8, 4) is 0 Å². The Hall–Kier alpha value is -1.69. The van der Waals surface area contributed by atoms with Gasteiger partial charge in [0.25, 0.3) is 5.56 Å². The molecule has 1 aliphatic heterocycles. The SMILES string of the molecule is NN=NCc1cccn(C2CCOCC2)c1=O. The third-order valence-electron chi connectivity index (χ3n) is 2.96. The van der Waals surface area contributed by atoms with Crippen LogP contribution in [0, 0.1) is 0 Å². The van der Waals surface area contributed by atoms with Crippen molar-refractivity contribution in [3.63, 3.8) is 0 Å². The number of aromatic nitrogens is 1.